The lowest BCUT2D eigenvalue weighted by molar-refractivity contribution is -0.143. The number of hydrogen-bond acceptors (Lipinski definition) is 3. The van der Waals surface area contributed by atoms with E-state index in [4.69, 9.17) is 23.2 Å². The van der Waals surface area contributed by atoms with Crippen LogP contribution in [-0.4, -0.2) is 42.2 Å². The molecule has 0 amide bonds. The molecular weight excluding hydrogens is 438 g/mol. The van der Waals surface area contributed by atoms with Crippen LogP contribution in [0.25, 0.3) is 0 Å². The maximum Gasteiger partial charge on any atom is 0.306 e. The molecule has 0 aromatic heterocycles. The van der Waals surface area contributed by atoms with Gasteiger partial charge in [0.2, 0.25) is 0 Å². The van der Waals surface area contributed by atoms with Gasteiger partial charge >= 0.3 is 5.97 Å². The van der Waals surface area contributed by atoms with Crippen LogP contribution in [0.15, 0.2) is 30.3 Å². The standard InChI is InChI=1S/C24H25Cl2FN2O2/c25-18-2-1-3-19(26)23(18)29-12-17(13-29)16-10-15-4-5-21(22(15)20(27)11-16)28-8-6-14(7-9-28)24(30)31/h1-3,10-11,14,17,21H,4-9,12-13H2,(H,30,31). The summed E-state index contributed by atoms with van der Waals surface area (Å²) in [4.78, 5) is 15.6. The highest BCUT2D eigenvalue weighted by atomic mass is 35.5. The Bertz CT molecular complexity index is 997. The number of piperidine rings is 1. The highest BCUT2D eigenvalue weighted by Gasteiger charge is 2.37. The third kappa shape index (κ3) is 3.81. The summed E-state index contributed by atoms with van der Waals surface area (Å²) in [5.41, 5.74) is 3.83. The number of nitrogens with zero attached hydrogens (tertiary/aromatic N) is 2. The Morgan fingerprint density at radius 2 is 1.74 bits per heavy atom. The van der Waals surface area contributed by atoms with Gasteiger partial charge in [0, 0.05) is 30.6 Å². The first-order chi connectivity index (χ1) is 14.9. The van der Waals surface area contributed by atoms with Gasteiger partial charge in [-0.1, -0.05) is 35.3 Å². The van der Waals surface area contributed by atoms with Crippen molar-refractivity contribution in [2.75, 3.05) is 31.1 Å². The average Bonchev–Trinajstić information content (AvgIpc) is 3.14. The van der Waals surface area contributed by atoms with Crippen molar-refractivity contribution in [1.82, 2.24) is 4.90 Å². The number of aliphatic carboxylic acids is 1. The predicted molar refractivity (Wildman–Crippen MR) is 121 cm³/mol. The van der Waals surface area contributed by atoms with Gasteiger partial charge in [-0.2, -0.15) is 0 Å². The summed E-state index contributed by atoms with van der Waals surface area (Å²) >= 11 is 12.7. The van der Waals surface area contributed by atoms with Gasteiger partial charge < -0.3 is 10.0 Å². The zero-order valence-corrected chi connectivity index (χ0v) is 18.7. The first kappa shape index (κ1) is 21.0. The molecule has 5 rings (SSSR count). The van der Waals surface area contributed by atoms with Crippen LogP contribution in [0.4, 0.5) is 10.1 Å². The van der Waals surface area contributed by atoms with Crippen molar-refractivity contribution in [3.8, 4) is 0 Å². The lowest BCUT2D eigenvalue weighted by Crippen LogP contribution is -2.45. The lowest BCUT2D eigenvalue weighted by Gasteiger charge is -2.42. The van der Waals surface area contributed by atoms with E-state index < -0.39 is 5.97 Å². The smallest absolute Gasteiger partial charge is 0.306 e. The van der Waals surface area contributed by atoms with Crippen molar-refractivity contribution in [3.63, 3.8) is 0 Å². The number of anilines is 1. The third-order valence-corrected chi connectivity index (χ3v) is 7.79. The zero-order chi connectivity index (χ0) is 21.7. The van der Waals surface area contributed by atoms with Crippen molar-refractivity contribution >= 4 is 34.9 Å². The quantitative estimate of drug-likeness (QED) is 0.649. The van der Waals surface area contributed by atoms with Gasteiger partial charge in [0.25, 0.3) is 0 Å². The summed E-state index contributed by atoms with van der Waals surface area (Å²) in [5.74, 6) is -0.838. The van der Waals surface area contributed by atoms with Crippen molar-refractivity contribution < 1.29 is 14.3 Å². The van der Waals surface area contributed by atoms with Gasteiger partial charge in [-0.3, -0.25) is 9.69 Å². The van der Waals surface area contributed by atoms with Crippen LogP contribution in [-0.2, 0) is 11.2 Å². The fourth-order valence-electron chi connectivity index (χ4n) is 5.44. The minimum atomic E-state index is -0.713. The zero-order valence-electron chi connectivity index (χ0n) is 17.2. The normalized spacial score (nSPS) is 22.4. The minimum Gasteiger partial charge on any atom is -0.481 e. The van der Waals surface area contributed by atoms with Crippen molar-refractivity contribution in [2.45, 2.75) is 37.6 Å². The predicted octanol–water partition coefficient (Wildman–Crippen LogP) is 5.52. The van der Waals surface area contributed by atoms with Crippen molar-refractivity contribution in [3.05, 3.63) is 62.9 Å². The number of carboxylic acids is 1. The molecule has 2 fully saturated rings. The summed E-state index contributed by atoms with van der Waals surface area (Å²) in [6, 6.07) is 9.46. The maximum atomic E-state index is 15.3. The second kappa shape index (κ2) is 8.27. The number of fused-ring (bicyclic) bond motifs is 1. The molecule has 1 atom stereocenters. The molecule has 31 heavy (non-hydrogen) atoms. The summed E-state index contributed by atoms with van der Waals surface area (Å²) in [5, 5.41) is 10.5. The topological polar surface area (TPSA) is 43.8 Å². The van der Waals surface area contributed by atoms with E-state index >= 15 is 4.39 Å². The van der Waals surface area contributed by atoms with E-state index in [0.29, 0.717) is 22.9 Å². The number of para-hydroxylation sites is 1. The SMILES string of the molecule is O=C(O)C1CCN(C2CCc3cc(C4CN(c5c(Cl)cccc5Cl)C4)cc(F)c32)CC1. The Kier molecular flexibility index (Phi) is 5.61. The van der Waals surface area contributed by atoms with E-state index in [9.17, 15) is 9.90 Å². The molecule has 7 heteroatoms. The average molecular weight is 463 g/mol. The molecule has 2 saturated heterocycles. The third-order valence-electron chi connectivity index (χ3n) is 7.18. The number of halogens is 3. The van der Waals surface area contributed by atoms with E-state index in [1.54, 1.807) is 6.07 Å². The van der Waals surface area contributed by atoms with Crippen molar-refractivity contribution in [1.29, 1.82) is 0 Å². The second-order valence-electron chi connectivity index (χ2n) is 8.95. The lowest BCUT2D eigenvalue weighted by atomic mass is 9.88. The van der Waals surface area contributed by atoms with Gasteiger partial charge in [0.05, 0.1) is 21.7 Å². The second-order valence-corrected chi connectivity index (χ2v) is 9.77. The summed E-state index contributed by atoms with van der Waals surface area (Å²) < 4.78 is 15.3. The van der Waals surface area contributed by atoms with Crippen LogP contribution in [0.3, 0.4) is 0 Å². The first-order valence-electron chi connectivity index (χ1n) is 10.9. The molecule has 0 radical (unpaired) electrons. The molecule has 164 valence electrons. The summed E-state index contributed by atoms with van der Waals surface area (Å²) in [7, 11) is 0. The molecular formula is C24H25Cl2FN2O2. The van der Waals surface area contributed by atoms with Crippen LogP contribution in [0, 0.1) is 11.7 Å². The highest BCUT2D eigenvalue weighted by molar-refractivity contribution is 6.39. The molecule has 2 aromatic rings. The minimum absolute atomic E-state index is 0.0682. The van der Waals surface area contributed by atoms with Gasteiger partial charge in [0.1, 0.15) is 5.82 Å². The van der Waals surface area contributed by atoms with E-state index in [1.165, 1.54) is 0 Å². The molecule has 2 heterocycles. The Labute approximate surface area is 191 Å². The van der Waals surface area contributed by atoms with E-state index in [-0.39, 0.29) is 23.7 Å². The van der Waals surface area contributed by atoms with Crippen LogP contribution in [0.5, 0.6) is 0 Å². The van der Waals surface area contributed by atoms with E-state index in [2.05, 4.69) is 15.9 Å². The Morgan fingerprint density at radius 1 is 1.06 bits per heavy atom. The Morgan fingerprint density at radius 3 is 2.39 bits per heavy atom. The number of carbonyl (C=O) groups is 1. The number of carboxylic acid groups (broad SMARTS) is 1. The highest BCUT2D eigenvalue weighted by Crippen LogP contribution is 2.44. The molecule has 2 aliphatic heterocycles. The molecule has 3 aliphatic rings. The van der Waals surface area contributed by atoms with Crippen LogP contribution in [0.1, 0.15) is 47.9 Å². The number of hydrogen-bond donors (Lipinski definition) is 1. The van der Waals surface area contributed by atoms with E-state index in [0.717, 1.165) is 61.4 Å². The Hall–Kier alpha value is -1.82. The molecule has 2 aromatic carbocycles. The van der Waals surface area contributed by atoms with Crippen molar-refractivity contribution in [2.24, 2.45) is 5.92 Å². The van der Waals surface area contributed by atoms with Gasteiger partial charge in [0.15, 0.2) is 0 Å². The molecule has 0 bridgehead atoms. The number of rotatable bonds is 4. The van der Waals surface area contributed by atoms with Crippen LogP contribution < -0.4 is 4.90 Å². The monoisotopic (exact) mass is 462 g/mol. The summed E-state index contributed by atoms with van der Waals surface area (Å²) in [6.07, 6.45) is 3.06. The van der Waals surface area contributed by atoms with Gasteiger partial charge in [-0.05, 0) is 68.1 Å². The number of aryl methyl sites for hydroxylation is 1. The summed E-state index contributed by atoms with van der Waals surface area (Å²) in [6.45, 7) is 2.98. The largest absolute Gasteiger partial charge is 0.481 e. The van der Waals surface area contributed by atoms with E-state index in [1.807, 2.05) is 18.2 Å². The fourth-order valence-corrected chi connectivity index (χ4v) is 6.07. The van der Waals surface area contributed by atoms with Gasteiger partial charge in [-0.15, -0.1) is 0 Å². The number of benzene rings is 2. The van der Waals surface area contributed by atoms with Crippen LogP contribution in [0.2, 0.25) is 10.0 Å². The van der Waals surface area contributed by atoms with Crippen LogP contribution >= 0.6 is 23.2 Å². The Balaban J connectivity index is 1.29. The molecule has 1 unspecified atom stereocenters. The maximum absolute atomic E-state index is 15.3. The molecule has 4 nitrogen and oxygen atoms in total. The molecule has 1 aliphatic carbocycles. The first-order valence-corrected chi connectivity index (χ1v) is 11.7. The molecule has 0 saturated carbocycles. The number of likely N-dealkylation sites (tertiary alicyclic amines) is 1. The molecule has 0 spiro atoms. The fraction of sp³-hybridized carbons (Fsp3) is 0.458. The molecule has 1 N–H and O–H groups in total. The van der Waals surface area contributed by atoms with Gasteiger partial charge in [-0.25, -0.2) is 4.39 Å².